The smallest absolute Gasteiger partial charge is 0.303 e. The fourth-order valence-electron chi connectivity index (χ4n) is 3.01. The molecule has 0 aromatic rings. The molecule has 1 fully saturated rings. The Kier molecular flexibility index (Phi) is 12.5. The molecule has 0 amide bonds. The van der Waals surface area contributed by atoms with Gasteiger partial charge in [0.2, 0.25) is 0 Å². The van der Waals surface area contributed by atoms with E-state index in [4.69, 9.17) is 5.11 Å². The average Bonchev–Trinajstić information content (AvgIpc) is 3.27. The predicted molar refractivity (Wildman–Crippen MR) is 102 cm³/mol. The number of carboxylic acids is 1. The van der Waals surface area contributed by atoms with Gasteiger partial charge < -0.3 is 5.11 Å². The van der Waals surface area contributed by atoms with E-state index >= 15 is 0 Å². The van der Waals surface area contributed by atoms with E-state index in [9.17, 15) is 4.79 Å². The van der Waals surface area contributed by atoms with Crippen LogP contribution in [-0.2, 0) is 4.79 Å². The Morgan fingerprint density at radius 1 is 0.913 bits per heavy atom. The lowest BCUT2D eigenvalue weighted by Gasteiger charge is -1.99. The highest BCUT2D eigenvalue weighted by Gasteiger charge is 2.35. The summed E-state index contributed by atoms with van der Waals surface area (Å²) in [4.78, 5) is 10.4. The Morgan fingerprint density at radius 3 is 2.39 bits per heavy atom. The first-order valence-corrected chi connectivity index (χ1v) is 10.7. The number of unbranched alkanes of at least 4 members (excludes halogenated alkanes) is 9. The minimum absolute atomic E-state index is 0.328. The van der Waals surface area contributed by atoms with E-state index < -0.39 is 5.97 Å². The molecule has 0 radical (unpaired) electrons. The summed E-state index contributed by atoms with van der Waals surface area (Å²) in [5, 5.41) is 10.4. The molecule has 134 valence electrons. The Morgan fingerprint density at radius 2 is 1.61 bits per heavy atom. The number of allylic oxidation sites excluding steroid dienone is 2. The molecule has 0 aromatic heterocycles. The lowest BCUT2D eigenvalue weighted by Crippen LogP contribution is -1.93. The molecule has 0 saturated carbocycles. The van der Waals surface area contributed by atoms with Crippen LogP contribution < -0.4 is 0 Å². The number of thioether (sulfide) groups is 1. The van der Waals surface area contributed by atoms with Crippen molar-refractivity contribution >= 4 is 17.7 Å². The van der Waals surface area contributed by atoms with Crippen LogP contribution >= 0.6 is 11.8 Å². The Hall–Kier alpha value is -0.440. The van der Waals surface area contributed by atoms with Crippen molar-refractivity contribution in [3.05, 3.63) is 12.2 Å². The maximum Gasteiger partial charge on any atom is 0.303 e. The zero-order chi connectivity index (χ0) is 16.8. The van der Waals surface area contributed by atoms with Crippen LogP contribution in [0.25, 0.3) is 0 Å². The predicted octanol–water partition coefficient (Wildman–Crippen LogP) is 6.59. The number of carbonyl (C=O) groups is 1. The molecule has 0 aliphatic carbocycles. The highest BCUT2D eigenvalue weighted by Crippen LogP contribution is 2.46. The average molecular weight is 341 g/mol. The number of hydrogen-bond donors (Lipinski definition) is 1. The third kappa shape index (κ3) is 12.6. The molecular formula is C20H36O2S. The topological polar surface area (TPSA) is 37.3 Å². The summed E-state index contributed by atoms with van der Waals surface area (Å²) in [6.45, 7) is 2.28. The summed E-state index contributed by atoms with van der Waals surface area (Å²) in [5.41, 5.74) is 0. The molecule has 2 atom stereocenters. The highest BCUT2D eigenvalue weighted by atomic mass is 32.2. The normalized spacial score (nSPS) is 20.2. The Balaban J connectivity index is 1.81. The molecule has 1 heterocycles. The van der Waals surface area contributed by atoms with Crippen molar-refractivity contribution in [2.24, 2.45) is 0 Å². The van der Waals surface area contributed by atoms with Crippen LogP contribution in [-0.4, -0.2) is 21.6 Å². The summed E-state index contributed by atoms with van der Waals surface area (Å²) in [5.74, 6) is -0.664. The Labute approximate surface area is 147 Å². The maximum atomic E-state index is 10.4. The number of rotatable bonds is 16. The summed E-state index contributed by atoms with van der Waals surface area (Å²) >= 11 is 2.18. The third-order valence-electron chi connectivity index (χ3n) is 4.58. The lowest BCUT2D eigenvalue weighted by atomic mass is 10.1. The molecule has 0 unspecified atom stereocenters. The van der Waals surface area contributed by atoms with Crippen molar-refractivity contribution in [3.63, 3.8) is 0 Å². The quantitative estimate of drug-likeness (QED) is 0.195. The molecule has 0 bridgehead atoms. The van der Waals surface area contributed by atoms with Gasteiger partial charge in [0.05, 0.1) is 0 Å². The number of carboxylic acid groups (broad SMARTS) is 1. The molecule has 0 aromatic carbocycles. The SMILES string of the molecule is CCCCCCCC[C@H]1S[C@@H]1C/C=C\CCCCCCC(=O)O. The van der Waals surface area contributed by atoms with Gasteiger partial charge in [0.1, 0.15) is 0 Å². The van der Waals surface area contributed by atoms with Crippen LogP contribution in [0.15, 0.2) is 12.2 Å². The summed E-state index contributed by atoms with van der Waals surface area (Å²) in [6.07, 6.45) is 21.6. The van der Waals surface area contributed by atoms with E-state index in [0.29, 0.717) is 6.42 Å². The largest absolute Gasteiger partial charge is 0.481 e. The first-order chi connectivity index (χ1) is 11.2. The van der Waals surface area contributed by atoms with E-state index in [1.807, 2.05) is 0 Å². The van der Waals surface area contributed by atoms with Crippen molar-refractivity contribution in [1.82, 2.24) is 0 Å². The van der Waals surface area contributed by atoms with Gasteiger partial charge in [-0.2, -0.15) is 11.8 Å². The maximum absolute atomic E-state index is 10.4. The van der Waals surface area contributed by atoms with Gasteiger partial charge in [-0.3, -0.25) is 4.79 Å². The highest BCUT2D eigenvalue weighted by molar-refractivity contribution is 8.07. The van der Waals surface area contributed by atoms with Crippen LogP contribution in [0, 0.1) is 0 Å². The van der Waals surface area contributed by atoms with Crippen LogP contribution in [0.1, 0.15) is 96.8 Å². The van der Waals surface area contributed by atoms with E-state index in [1.165, 1.54) is 57.8 Å². The van der Waals surface area contributed by atoms with Crippen LogP contribution in [0.3, 0.4) is 0 Å². The van der Waals surface area contributed by atoms with E-state index in [1.54, 1.807) is 0 Å². The van der Waals surface area contributed by atoms with Crippen molar-refractivity contribution in [1.29, 1.82) is 0 Å². The zero-order valence-electron chi connectivity index (χ0n) is 15.0. The molecule has 23 heavy (non-hydrogen) atoms. The molecule has 0 spiro atoms. The van der Waals surface area contributed by atoms with Crippen molar-refractivity contribution in [2.45, 2.75) is 107 Å². The molecule has 1 N–H and O–H groups in total. The molecule has 1 aliphatic heterocycles. The van der Waals surface area contributed by atoms with E-state index in [2.05, 4.69) is 30.8 Å². The van der Waals surface area contributed by atoms with Crippen LogP contribution in [0.4, 0.5) is 0 Å². The second kappa shape index (κ2) is 13.9. The zero-order valence-corrected chi connectivity index (χ0v) is 15.8. The van der Waals surface area contributed by atoms with Crippen molar-refractivity contribution in [2.75, 3.05) is 0 Å². The van der Waals surface area contributed by atoms with Crippen LogP contribution in [0.5, 0.6) is 0 Å². The first-order valence-electron chi connectivity index (χ1n) is 9.76. The van der Waals surface area contributed by atoms with Gasteiger partial charge in [0.25, 0.3) is 0 Å². The van der Waals surface area contributed by atoms with Gasteiger partial charge in [-0.1, -0.05) is 70.4 Å². The fourth-order valence-corrected chi connectivity index (χ4v) is 4.14. The Bertz CT molecular complexity index is 328. The number of hydrogen-bond acceptors (Lipinski definition) is 2. The first kappa shape index (κ1) is 20.6. The minimum atomic E-state index is -0.664. The molecule has 1 saturated heterocycles. The van der Waals surface area contributed by atoms with E-state index in [-0.39, 0.29) is 0 Å². The van der Waals surface area contributed by atoms with Gasteiger partial charge in [-0.15, -0.1) is 0 Å². The van der Waals surface area contributed by atoms with Crippen molar-refractivity contribution in [3.8, 4) is 0 Å². The standard InChI is InChI=1S/C20H36O2S/c1-2-3-4-5-9-12-15-18-19(23-18)16-13-10-7-6-8-11-14-17-20(21)22/h10,13,18-19H,2-9,11-12,14-17H2,1H3,(H,21,22)/b13-10-/t18-,19-/m1/s1. The second-order valence-electron chi connectivity index (χ2n) is 6.82. The molecule has 1 aliphatic rings. The monoisotopic (exact) mass is 340 g/mol. The summed E-state index contributed by atoms with van der Waals surface area (Å²) in [7, 11) is 0. The van der Waals surface area contributed by atoms with Gasteiger partial charge in [0, 0.05) is 16.9 Å². The summed E-state index contributed by atoms with van der Waals surface area (Å²) < 4.78 is 0. The summed E-state index contributed by atoms with van der Waals surface area (Å²) in [6, 6.07) is 0. The van der Waals surface area contributed by atoms with E-state index in [0.717, 1.165) is 36.2 Å². The second-order valence-corrected chi connectivity index (χ2v) is 8.31. The number of aliphatic carboxylic acids is 1. The van der Waals surface area contributed by atoms with Gasteiger partial charge >= 0.3 is 5.97 Å². The molecular weight excluding hydrogens is 304 g/mol. The lowest BCUT2D eigenvalue weighted by molar-refractivity contribution is -0.137. The van der Waals surface area contributed by atoms with Crippen molar-refractivity contribution < 1.29 is 9.90 Å². The fraction of sp³-hybridized carbons (Fsp3) is 0.850. The van der Waals surface area contributed by atoms with Gasteiger partial charge in [-0.05, 0) is 32.1 Å². The third-order valence-corrected chi connectivity index (χ3v) is 6.05. The molecule has 2 nitrogen and oxygen atoms in total. The van der Waals surface area contributed by atoms with Crippen LogP contribution in [0.2, 0.25) is 0 Å². The minimum Gasteiger partial charge on any atom is -0.481 e. The van der Waals surface area contributed by atoms with Gasteiger partial charge in [0.15, 0.2) is 0 Å². The van der Waals surface area contributed by atoms with Gasteiger partial charge in [-0.25, -0.2) is 0 Å². The molecule has 1 rings (SSSR count). The molecule has 3 heteroatoms.